The Bertz CT molecular complexity index is 456. The Hall–Kier alpha value is -1.36. The fourth-order valence-corrected chi connectivity index (χ4v) is 3.26. The quantitative estimate of drug-likeness (QED) is 0.810. The van der Waals surface area contributed by atoms with Crippen LogP contribution < -0.4 is 11.1 Å². The van der Waals surface area contributed by atoms with E-state index in [0.717, 1.165) is 12.8 Å². The van der Waals surface area contributed by atoms with Crippen LogP contribution in [0.5, 0.6) is 0 Å². The van der Waals surface area contributed by atoms with E-state index in [1.54, 1.807) is 24.3 Å². The maximum absolute atomic E-state index is 12.0. The van der Waals surface area contributed by atoms with Crippen molar-refractivity contribution >= 4 is 22.4 Å². The van der Waals surface area contributed by atoms with Crippen LogP contribution in [0.2, 0.25) is 0 Å². The van der Waals surface area contributed by atoms with Gasteiger partial charge in [0.05, 0.1) is 15.7 Å². The van der Waals surface area contributed by atoms with Gasteiger partial charge in [-0.3, -0.25) is 9.00 Å². The highest BCUT2D eigenvalue weighted by Gasteiger charge is 2.19. The number of nitrogens with two attached hydrogens (primary N) is 1. The lowest BCUT2D eigenvalue weighted by Crippen LogP contribution is -2.35. The zero-order chi connectivity index (χ0) is 13.0. The van der Waals surface area contributed by atoms with Crippen molar-refractivity contribution in [3.05, 3.63) is 24.3 Å². The number of carbonyl (C=O) groups is 1. The van der Waals surface area contributed by atoms with Crippen molar-refractivity contribution in [3.8, 4) is 0 Å². The van der Waals surface area contributed by atoms with Crippen LogP contribution in [0.25, 0.3) is 0 Å². The van der Waals surface area contributed by atoms with Gasteiger partial charge in [0, 0.05) is 11.7 Å². The molecule has 3 N–H and O–H groups in total. The standard InChI is InChI=1S/C13H18N2O2S/c14-11-7-3-4-8-12(11)18(17)9-13(16)15-10-5-1-2-6-10/h3-4,7-8,10H,1-2,5-6,9,14H2,(H,15,16). The smallest absolute Gasteiger partial charge is 0.233 e. The SMILES string of the molecule is Nc1ccccc1S(=O)CC(=O)NC1CCCC1. The molecule has 0 heterocycles. The van der Waals surface area contributed by atoms with E-state index in [1.165, 1.54) is 12.8 Å². The fraction of sp³-hybridized carbons (Fsp3) is 0.462. The van der Waals surface area contributed by atoms with E-state index in [1.807, 2.05) is 0 Å². The van der Waals surface area contributed by atoms with Gasteiger partial charge in [0.25, 0.3) is 0 Å². The third-order valence-corrected chi connectivity index (χ3v) is 4.53. The van der Waals surface area contributed by atoms with Crippen molar-refractivity contribution in [2.75, 3.05) is 11.5 Å². The Morgan fingerprint density at radius 2 is 2.00 bits per heavy atom. The van der Waals surface area contributed by atoms with Crippen molar-refractivity contribution in [1.29, 1.82) is 0 Å². The minimum absolute atomic E-state index is 0.00921. The average Bonchev–Trinajstić information content (AvgIpc) is 2.82. The fourth-order valence-electron chi connectivity index (χ4n) is 2.22. The first-order chi connectivity index (χ1) is 8.66. The van der Waals surface area contributed by atoms with Gasteiger partial charge in [-0.05, 0) is 25.0 Å². The number of para-hydroxylation sites is 1. The molecule has 0 saturated heterocycles. The second kappa shape index (κ2) is 6.00. The van der Waals surface area contributed by atoms with Crippen LogP contribution in [-0.4, -0.2) is 21.9 Å². The minimum atomic E-state index is -1.36. The van der Waals surface area contributed by atoms with Gasteiger partial charge in [-0.25, -0.2) is 0 Å². The lowest BCUT2D eigenvalue weighted by Gasteiger charge is -2.12. The molecule has 1 saturated carbocycles. The van der Waals surface area contributed by atoms with Crippen LogP contribution in [0.15, 0.2) is 29.2 Å². The minimum Gasteiger partial charge on any atom is -0.398 e. The predicted molar refractivity (Wildman–Crippen MR) is 72.5 cm³/mol. The summed E-state index contributed by atoms with van der Waals surface area (Å²) in [6, 6.07) is 7.23. The van der Waals surface area contributed by atoms with E-state index in [-0.39, 0.29) is 17.7 Å². The van der Waals surface area contributed by atoms with Crippen molar-refractivity contribution < 1.29 is 9.00 Å². The number of rotatable bonds is 4. The number of hydrogen-bond acceptors (Lipinski definition) is 3. The van der Waals surface area contributed by atoms with Gasteiger partial charge in [0.1, 0.15) is 5.75 Å². The van der Waals surface area contributed by atoms with Crippen LogP contribution >= 0.6 is 0 Å². The lowest BCUT2D eigenvalue weighted by molar-refractivity contribution is -0.119. The van der Waals surface area contributed by atoms with E-state index in [2.05, 4.69) is 5.32 Å². The Morgan fingerprint density at radius 1 is 1.33 bits per heavy atom. The first kappa shape index (κ1) is 13.1. The Balaban J connectivity index is 1.91. The molecule has 1 aliphatic carbocycles. The van der Waals surface area contributed by atoms with Gasteiger partial charge in [-0.15, -0.1) is 0 Å². The molecule has 18 heavy (non-hydrogen) atoms. The van der Waals surface area contributed by atoms with Crippen LogP contribution in [0.1, 0.15) is 25.7 Å². The van der Waals surface area contributed by atoms with E-state index in [0.29, 0.717) is 10.6 Å². The predicted octanol–water partition coefficient (Wildman–Crippen LogP) is 1.44. The molecule has 0 spiro atoms. The number of carbonyl (C=O) groups excluding carboxylic acids is 1. The largest absolute Gasteiger partial charge is 0.398 e. The summed E-state index contributed by atoms with van der Waals surface area (Å²) in [7, 11) is -1.36. The number of benzene rings is 1. The van der Waals surface area contributed by atoms with Crippen molar-refractivity contribution in [1.82, 2.24) is 5.32 Å². The number of amides is 1. The number of anilines is 1. The second-order valence-corrected chi connectivity index (χ2v) is 6.00. The van der Waals surface area contributed by atoms with Crippen LogP contribution in [0, 0.1) is 0 Å². The second-order valence-electron chi connectivity index (χ2n) is 4.58. The maximum Gasteiger partial charge on any atom is 0.233 e. The number of nitrogen functional groups attached to an aromatic ring is 1. The van der Waals surface area contributed by atoms with Crippen LogP contribution in [0.4, 0.5) is 5.69 Å². The normalized spacial score (nSPS) is 17.6. The summed E-state index contributed by atoms with van der Waals surface area (Å²) in [5.74, 6) is -0.159. The molecule has 0 radical (unpaired) electrons. The highest BCUT2D eigenvalue weighted by molar-refractivity contribution is 7.86. The molecule has 1 aliphatic rings. The Labute approximate surface area is 109 Å². The van der Waals surface area contributed by atoms with E-state index in [9.17, 15) is 9.00 Å². The summed E-state index contributed by atoms with van der Waals surface area (Å²) in [4.78, 5) is 12.3. The molecule has 1 fully saturated rings. The van der Waals surface area contributed by atoms with Crippen molar-refractivity contribution in [2.24, 2.45) is 0 Å². The molecule has 1 unspecified atom stereocenters. The van der Waals surface area contributed by atoms with Gasteiger partial charge in [0.15, 0.2) is 0 Å². The maximum atomic E-state index is 12.0. The van der Waals surface area contributed by atoms with Gasteiger partial charge in [-0.1, -0.05) is 25.0 Å². The summed E-state index contributed by atoms with van der Waals surface area (Å²) in [6.45, 7) is 0. The van der Waals surface area contributed by atoms with Gasteiger partial charge >= 0.3 is 0 Å². The number of nitrogens with one attached hydrogen (secondary N) is 1. The van der Waals surface area contributed by atoms with E-state index < -0.39 is 10.8 Å². The Morgan fingerprint density at radius 3 is 2.67 bits per heavy atom. The van der Waals surface area contributed by atoms with E-state index >= 15 is 0 Å². The lowest BCUT2D eigenvalue weighted by atomic mass is 10.2. The summed E-state index contributed by atoms with van der Waals surface area (Å²) < 4.78 is 12.0. The van der Waals surface area contributed by atoms with Gasteiger partial charge in [-0.2, -0.15) is 0 Å². The first-order valence-electron chi connectivity index (χ1n) is 6.19. The first-order valence-corrected chi connectivity index (χ1v) is 7.51. The van der Waals surface area contributed by atoms with Gasteiger partial charge in [0.2, 0.25) is 5.91 Å². The molecular formula is C13H18N2O2S. The molecule has 2 rings (SSSR count). The monoisotopic (exact) mass is 266 g/mol. The third-order valence-electron chi connectivity index (χ3n) is 3.15. The highest BCUT2D eigenvalue weighted by atomic mass is 32.2. The molecule has 1 aromatic carbocycles. The zero-order valence-corrected chi connectivity index (χ0v) is 11.0. The third kappa shape index (κ3) is 3.32. The molecule has 1 aromatic rings. The molecule has 4 nitrogen and oxygen atoms in total. The summed E-state index contributed by atoms with van der Waals surface area (Å²) >= 11 is 0. The molecule has 98 valence electrons. The topological polar surface area (TPSA) is 72.2 Å². The Kier molecular flexibility index (Phi) is 4.36. The molecule has 0 aromatic heterocycles. The molecule has 0 bridgehead atoms. The van der Waals surface area contributed by atoms with Gasteiger partial charge < -0.3 is 11.1 Å². The summed E-state index contributed by atoms with van der Waals surface area (Å²) in [6.07, 6.45) is 4.40. The van der Waals surface area contributed by atoms with Crippen LogP contribution in [0.3, 0.4) is 0 Å². The molecule has 5 heteroatoms. The van der Waals surface area contributed by atoms with Crippen molar-refractivity contribution in [3.63, 3.8) is 0 Å². The summed E-state index contributed by atoms with van der Waals surface area (Å²) in [5, 5.41) is 2.93. The molecule has 0 aliphatic heterocycles. The molecule has 1 atom stereocenters. The average molecular weight is 266 g/mol. The highest BCUT2D eigenvalue weighted by Crippen LogP contribution is 2.18. The molecule has 1 amide bonds. The van der Waals surface area contributed by atoms with E-state index in [4.69, 9.17) is 5.73 Å². The van der Waals surface area contributed by atoms with Crippen molar-refractivity contribution in [2.45, 2.75) is 36.6 Å². The van der Waals surface area contributed by atoms with Crippen LogP contribution in [-0.2, 0) is 15.6 Å². The zero-order valence-electron chi connectivity index (χ0n) is 10.2. The summed E-state index contributed by atoms with van der Waals surface area (Å²) in [5.41, 5.74) is 6.21. The molecular weight excluding hydrogens is 248 g/mol. The number of hydrogen-bond donors (Lipinski definition) is 2.